The number of allylic oxidation sites excluding steroid dienone is 1. The molecule has 0 aliphatic carbocycles. The third kappa shape index (κ3) is 13.1. The van der Waals surface area contributed by atoms with Gasteiger partial charge in [0.1, 0.15) is 27.8 Å². The molecule has 0 saturated carbocycles. The molecule has 0 aromatic carbocycles. The molecule has 0 fully saturated rings. The highest BCUT2D eigenvalue weighted by Crippen LogP contribution is 2.18. The van der Waals surface area contributed by atoms with Gasteiger partial charge in [-0.2, -0.15) is 0 Å². The molecule has 9 nitrogen and oxygen atoms in total. The van der Waals surface area contributed by atoms with Gasteiger partial charge in [0.2, 0.25) is 17.7 Å². The van der Waals surface area contributed by atoms with Crippen molar-refractivity contribution in [2.45, 2.75) is 104 Å². The maximum atomic E-state index is 13.3. The predicted octanol–water partition coefficient (Wildman–Crippen LogP) is 4.85. The Kier molecular flexibility index (Phi) is 16.3. The first-order valence-corrected chi connectivity index (χ1v) is 17.5. The van der Waals surface area contributed by atoms with Gasteiger partial charge in [0.15, 0.2) is 5.12 Å². The van der Waals surface area contributed by atoms with E-state index < -0.39 is 18.1 Å². The molecule has 3 amide bonds. The van der Waals surface area contributed by atoms with Crippen molar-refractivity contribution in [1.82, 2.24) is 20.9 Å². The summed E-state index contributed by atoms with van der Waals surface area (Å²) in [6.07, 6.45) is 12.4. The van der Waals surface area contributed by atoms with Gasteiger partial charge in [0.05, 0.1) is 19.0 Å². The summed E-state index contributed by atoms with van der Waals surface area (Å²) in [5, 5.41) is 12.1. The van der Waals surface area contributed by atoms with E-state index >= 15 is 0 Å². The monoisotopic (exact) mass is 623 g/mol. The van der Waals surface area contributed by atoms with Crippen LogP contribution >= 0.6 is 34.9 Å². The number of rotatable bonds is 11. The summed E-state index contributed by atoms with van der Waals surface area (Å²) in [5.41, 5.74) is 0.658. The molecule has 0 spiro atoms. The maximum absolute atomic E-state index is 13.3. The topological polar surface area (TPSA) is 130 Å². The highest BCUT2D eigenvalue weighted by molar-refractivity contribution is 8.14. The van der Waals surface area contributed by atoms with Crippen LogP contribution in [0, 0.1) is 5.92 Å². The van der Waals surface area contributed by atoms with Crippen molar-refractivity contribution >= 4 is 62.7 Å². The molecule has 3 N–H and O–H groups in total. The quantitative estimate of drug-likeness (QED) is 0.237. The van der Waals surface area contributed by atoms with Crippen molar-refractivity contribution in [3.05, 3.63) is 28.2 Å². The molecular formula is C29H45N5O4S3. The Morgan fingerprint density at radius 2 is 1.90 bits per heavy atom. The molecule has 1 aliphatic rings. The first-order chi connectivity index (χ1) is 19.6. The van der Waals surface area contributed by atoms with Crippen LogP contribution in [0.3, 0.4) is 0 Å². The first kappa shape index (κ1) is 35.0. The minimum atomic E-state index is -0.791. The molecule has 12 heteroatoms. The Labute approximate surface area is 257 Å². The number of aromatic nitrogens is 1. The average Bonchev–Trinajstić information content (AvgIpc) is 3.41. The third-order valence-electron chi connectivity index (χ3n) is 6.47. The van der Waals surface area contributed by atoms with E-state index in [1.807, 2.05) is 31.6 Å². The van der Waals surface area contributed by atoms with Gasteiger partial charge in [0.25, 0.3) is 0 Å². The number of unbranched alkanes of at least 4 members (excludes halogenated alkanes) is 4. The molecule has 41 heavy (non-hydrogen) atoms. The fourth-order valence-electron chi connectivity index (χ4n) is 4.09. The minimum absolute atomic E-state index is 0.0387. The summed E-state index contributed by atoms with van der Waals surface area (Å²) in [4.78, 5) is 60.4. The normalized spacial score (nSPS) is 21.0. The zero-order valence-corrected chi connectivity index (χ0v) is 27.3. The zero-order chi connectivity index (χ0) is 30.2. The van der Waals surface area contributed by atoms with Crippen LogP contribution in [0.5, 0.6) is 0 Å². The molecule has 0 radical (unpaired) electrons. The van der Waals surface area contributed by atoms with Crippen LogP contribution < -0.4 is 16.0 Å². The van der Waals surface area contributed by atoms with Crippen molar-refractivity contribution in [2.24, 2.45) is 10.9 Å². The predicted molar refractivity (Wildman–Crippen MR) is 171 cm³/mol. The lowest BCUT2D eigenvalue weighted by Crippen LogP contribution is -2.53. The van der Waals surface area contributed by atoms with Gasteiger partial charge in [-0.3, -0.25) is 24.2 Å². The molecule has 1 aromatic rings. The summed E-state index contributed by atoms with van der Waals surface area (Å²) in [7, 11) is 0. The Morgan fingerprint density at radius 3 is 2.61 bits per heavy atom. The van der Waals surface area contributed by atoms with Gasteiger partial charge in [-0.15, -0.1) is 23.1 Å². The van der Waals surface area contributed by atoms with Crippen LogP contribution in [0.1, 0.15) is 89.8 Å². The summed E-state index contributed by atoms with van der Waals surface area (Å²) >= 11 is 4.14. The Balaban J connectivity index is 2.09. The maximum Gasteiger partial charge on any atom is 0.245 e. The van der Waals surface area contributed by atoms with Crippen LogP contribution in [0.15, 0.2) is 22.5 Å². The SMILES string of the molecule is CCCCCCCC(=O)SCC/C=C/C1CC(=O)NCc2nc(cs2)C(SC)=NC(C)C(=O)NC(C(C)C)C(=O)N1. The lowest BCUT2D eigenvalue weighted by atomic mass is 10.0. The number of hydrogen-bond acceptors (Lipinski definition) is 9. The van der Waals surface area contributed by atoms with E-state index in [2.05, 4.69) is 32.9 Å². The highest BCUT2D eigenvalue weighted by Gasteiger charge is 2.28. The van der Waals surface area contributed by atoms with Gasteiger partial charge < -0.3 is 16.0 Å². The van der Waals surface area contributed by atoms with Crippen molar-refractivity contribution in [2.75, 3.05) is 12.0 Å². The molecular weight excluding hydrogens is 579 g/mol. The molecule has 2 heterocycles. The standard InChI is InChI=1S/C29H45N5O4S3/c1-6-7-8-9-10-14-25(36)40-15-12-11-13-21-16-23(35)30-17-24-33-22(18-41-24)29(39-5)31-20(4)27(37)34-26(19(2)3)28(38)32-21/h11,13,18-21,26H,6-10,12,14-17H2,1-5H3,(H,30,35)(H,32,38)(H,34,37)/b13-11+,31-29?. The number of nitrogens with one attached hydrogen (secondary N) is 3. The number of aliphatic imine (C=N–C) groups is 1. The van der Waals surface area contributed by atoms with Crippen LogP contribution in [0.2, 0.25) is 0 Å². The summed E-state index contributed by atoms with van der Waals surface area (Å²) in [6.45, 7) is 7.84. The Hall–Kier alpha value is -2.18. The zero-order valence-electron chi connectivity index (χ0n) is 24.9. The number of fused-ring (bicyclic) bond motifs is 2. The number of nitrogens with zero attached hydrogens (tertiary/aromatic N) is 2. The van der Waals surface area contributed by atoms with Crippen molar-refractivity contribution in [1.29, 1.82) is 0 Å². The van der Waals surface area contributed by atoms with Crippen molar-refractivity contribution < 1.29 is 19.2 Å². The molecule has 3 atom stereocenters. The fourth-order valence-corrected chi connectivity index (χ4v) is 6.23. The van der Waals surface area contributed by atoms with Crippen LogP contribution in [-0.4, -0.2) is 63.0 Å². The molecule has 0 saturated heterocycles. The number of thiazole rings is 1. The number of carbonyl (C=O) groups is 4. The second-order valence-electron chi connectivity index (χ2n) is 10.4. The Morgan fingerprint density at radius 1 is 1.15 bits per heavy atom. The molecule has 3 unspecified atom stereocenters. The molecule has 2 rings (SSSR count). The second-order valence-corrected chi connectivity index (χ2v) is 13.3. The van der Waals surface area contributed by atoms with E-state index in [1.54, 1.807) is 13.0 Å². The van der Waals surface area contributed by atoms with Crippen LogP contribution in [-0.2, 0) is 25.7 Å². The fraction of sp³-hybridized carbons (Fsp3) is 0.655. The van der Waals surface area contributed by atoms with E-state index in [0.717, 1.165) is 17.8 Å². The van der Waals surface area contributed by atoms with Crippen LogP contribution in [0.25, 0.3) is 0 Å². The molecule has 1 aromatic heterocycles. The second kappa shape index (κ2) is 19.1. The lowest BCUT2D eigenvalue weighted by molar-refractivity contribution is -0.131. The van der Waals surface area contributed by atoms with E-state index in [1.165, 1.54) is 54.1 Å². The Bertz CT molecular complexity index is 1070. The minimum Gasteiger partial charge on any atom is -0.350 e. The number of carbonyl (C=O) groups excluding carboxylic acids is 4. The number of hydrogen-bond donors (Lipinski definition) is 3. The summed E-state index contributed by atoms with van der Waals surface area (Å²) in [5.74, 6) is -0.485. The lowest BCUT2D eigenvalue weighted by Gasteiger charge is -2.25. The van der Waals surface area contributed by atoms with Gasteiger partial charge >= 0.3 is 0 Å². The van der Waals surface area contributed by atoms with Crippen molar-refractivity contribution in [3.8, 4) is 0 Å². The van der Waals surface area contributed by atoms with E-state index in [0.29, 0.717) is 29.3 Å². The molecule has 2 bridgehead atoms. The van der Waals surface area contributed by atoms with Gasteiger partial charge in [-0.05, 0) is 31.9 Å². The largest absolute Gasteiger partial charge is 0.350 e. The smallest absolute Gasteiger partial charge is 0.245 e. The first-order valence-electron chi connectivity index (χ1n) is 14.4. The van der Waals surface area contributed by atoms with Gasteiger partial charge in [-0.25, -0.2) is 4.98 Å². The molecule has 228 valence electrons. The summed E-state index contributed by atoms with van der Waals surface area (Å²) < 4.78 is 0. The van der Waals surface area contributed by atoms with E-state index in [4.69, 9.17) is 0 Å². The average molecular weight is 624 g/mol. The van der Waals surface area contributed by atoms with Gasteiger partial charge in [-0.1, -0.05) is 70.4 Å². The van der Waals surface area contributed by atoms with Crippen molar-refractivity contribution in [3.63, 3.8) is 0 Å². The van der Waals surface area contributed by atoms with Gasteiger partial charge in [0, 0.05) is 17.6 Å². The van der Waals surface area contributed by atoms with Crippen LogP contribution in [0.4, 0.5) is 0 Å². The number of thioether (sulfide) groups is 2. The van der Waals surface area contributed by atoms with E-state index in [9.17, 15) is 19.2 Å². The van der Waals surface area contributed by atoms with E-state index in [-0.39, 0.29) is 41.7 Å². The highest BCUT2D eigenvalue weighted by atomic mass is 32.2. The summed E-state index contributed by atoms with van der Waals surface area (Å²) in [6, 6.07) is -2.07. The molecule has 1 aliphatic heterocycles. The number of amides is 3. The third-order valence-corrected chi connectivity index (χ3v) is 8.99.